The van der Waals surface area contributed by atoms with Gasteiger partial charge >= 0.3 is 12.1 Å². The molecule has 0 unspecified atom stereocenters. The van der Waals surface area contributed by atoms with Crippen LogP contribution in [-0.4, -0.2) is 36.3 Å². The van der Waals surface area contributed by atoms with Gasteiger partial charge in [-0.2, -0.15) is 0 Å². The van der Waals surface area contributed by atoms with Crippen molar-refractivity contribution < 1.29 is 19.4 Å². The van der Waals surface area contributed by atoms with E-state index in [1.807, 2.05) is 30.3 Å². The van der Waals surface area contributed by atoms with Gasteiger partial charge in [-0.1, -0.05) is 65.3 Å². The fourth-order valence-electron chi connectivity index (χ4n) is 2.92. The van der Waals surface area contributed by atoms with E-state index in [9.17, 15) is 14.7 Å². The Morgan fingerprint density at radius 1 is 0.969 bits per heavy atom. The van der Waals surface area contributed by atoms with Crippen molar-refractivity contribution in [3.8, 4) is 0 Å². The summed E-state index contributed by atoms with van der Waals surface area (Å²) in [5, 5.41) is 14.8. The van der Waals surface area contributed by atoms with Gasteiger partial charge in [0.05, 0.1) is 0 Å². The van der Waals surface area contributed by atoms with E-state index in [4.69, 9.17) is 4.74 Å². The smallest absolute Gasteiger partial charge is 0.408 e. The maximum Gasteiger partial charge on any atom is 0.408 e. The van der Waals surface area contributed by atoms with Crippen LogP contribution >= 0.6 is 0 Å². The van der Waals surface area contributed by atoms with Crippen LogP contribution in [0.4, 0.5) is 4.79 Å². The first-order valence-corrected chi connectivity index (χ1v) is 11.1. The summed E-state index contributed by atoms with van der Waals surface area (Å²) in [7, 11) is 0. The summed E-state index contributed by atoms with van der Waals surface area (Å²) in [6.07, 6.45) is 9.99. The zero-order chi connectivity index (χ0) is 23.8. The first-order valence-electron chi connectivity index (χ1n) is 11.1. The van der Waals surface area contributed by atoms with Crippen molar-refractivity contribution in [1.29, 1.82) is 0 Å². The minimum atomic E-state index is -1.11. The lowest BCUT2D eigenvalue weighted by Crippen LogP contribution is -2.47. The second-order valence-corrected chi connectivity index (χ2v) is 8.21. The van der Waals surface area contributed by atoms with Gasteiger partial charge < -0.3 is 20.5 Å². The molecule has 6 nitrogen and oxygen atoms in total. The second-order valence-electron chi connectivity index (χ2n) is 8.21. The highest BCUT2D eigenvalue weighted by atomic mass is 16.5. The van der Waals surface area contributed by atoms with Crippen molar-refractivity contribution in [2.45, 2.75) is 66.0 Å². The number of ether oxygens (including phenoxy) is 1. The highest BCUT2D eigenvalue weighted by Crippen LogP contribution is 2.11. The van der Waals surface area contributed by atoms with Crippen LogP contribution in [0.15, 0.2) is 65.3 Å². The standard InChI is InChI=1S/C26H38N2O4/c1-20(2)10-8-11-21(3)12-9-13-22(4)16-17-27-18-24(25(29)30)28-26(31)32-19-23-14-6-5-7-15-23/h5-7,10,12,14-16,24,27H,8-9,11,13,17-19H2,1-4H3,(H,28,31)(H,29,30)/b21-12+,22-16+/t24-/m0/s1. The van der Waals surface area contributed by atoms with Crippen LogP contribution < -0.4 is 10.6 Å². The van der Waals surface area contributed by atoms with Crippen LogP contribution in [0.3, 0.4) is 0 Å². The Labute approximate surface area is 192 Å². The van der Waals surface area contributed by atoms with E-state index in [-0.39, 0.29) is 13.2 Å². The molecule has 0 heterocycles. The van der Waals surface area contributed by atoms with Gasteiger partial charge in [0.15, 0.2) is 0 Å². The Balaban J connectivity index is 2.30. The number of hydrogen-bond acceptors (Lipinski definition) is 4. The van der Waals surface area contributed by atoms with Crippen molar-refractivity contribution in [3.63, 3.8) is 0 Å². The number of rotatable bonds is 14. The maximum absolute atomic E-state index is 11.9. The van der Waals surface area contributed by atoms with Gasteiger partial charge in [-0.3, -0.25) is 0 Å². The molecule has 0 saturated carbocycles. The fraction of sp³-hybridized carbons (Fsp3) is 0.462. The van der Waals surface area contributed by atoms with E-state index >= 15 is 0 Å². The third kappa shape index (κ3) is 13.4. The Bertz CT molecular complexity index is 793. The topological polar surface area (TPSA) is 87.7 Å². The number of hydrogen-bond donors (Lipinski definition) is 3. The summed E-state index contributed by atoms with van der Waals surface area (Å²) in [5.74, 6) is -1.11. The number of aliphatic carboxylic acids is 1. The first-order chi connectivity index (χ1) is 15.3. The van der Waals surface area contributed by atoms with Crippen LogP contribution in [-0.2, 0) is 16.1 Å². The van der Waals surface area contributed by atoms with Crippen LogP contribution in [0.2, 0.25) is 0 Å². The summed E-state index contributed by atoms with van der Waals surface area (Å²) in [6, 6.07) is 8.17. The zero-order valence-corrected chi connectivity index (χ0v) is 19.8. The van der Waals surface area contributed by atoms with Crippen molar-refractivity contribution in [2.24, 2.45) is 0 Å². The molecular formula is C26H38N2O4. The van der Waals surface area contributed by atoms with Gasteiger partial charge in [0.2, 0.25) is 0 Å². The Morgan fingerprint density at radius 2 is 1.59 bits per heavy atom. The van der Waals surface area contributed by atoms with Crippen molar-refractivity contribution in [2.75, 3.05) is 13.1 Å². The third-order valence-corrected chi connectivity index (χ3v) is 4.87. The van der Waals surface area contributed by atoms with Crippen molar-refractivity contribution >= 4 is 12.1 Å². The highest BCUT2D eigenvalue weighted by molar-refractivity contribution is 5.80. The molecule has 0 bridgehead atoms. The van der Waals surface area contributed by atoms with Crippen LogP contribution in [0.1, 0.15) is 58.9 Å². The molecule has 1 atom stereocenters. The summed E-state index contributed by atoms with van der Waals surface area (Å²) in [5.41, 5.74) is 4.84. The fourth-order valence-corrected chi connectivity index (χ4v) is 2.92. The highest BCUT2D eigenvalue weighted by Gasteiger charge is 2.20. The molecule has 0 fully saturated rings. The average molecular weight is 443 g/mol. The molecular weight excluding hydrogens is 404 g/mol. The molecule has 0 aromatic heterocycles. The summed E-state index contributed by atoms with van der Waals surface area (Å²) >= 11 is 0. The van der Waals surface area contributed by atoms with E-state index in [0.29, 0.717) is 6.54 Å². The number of carboxylic acids is 1. The molecule has 0 aliphatic heterocycles. The first kappa shape index (κ1) is 27.2. The molecule has 176 valence electrons. The summed E-state index contributed by atoms with van der Waals surface area (Å²) in [6.45, 7) is 9.23. The van der Waals surface area contributed by atoms with Gasteiger partial charge in [0, 0.05) is 13.1 Å². The normalized spacial score (nSPS) is 12.8. The molecule has 1 amide bonds. The zero-order valence-electron chi connectivity index (χ0n) is 19.8. The minimum absolute atomic E-state index is 0.0945. The van der Waals surface area contributed by atoms with Gasteiger partial charge in [-0.15, -0.1) is 0 Å². The van der Waals surface area contributed by atoms with E-state index in [0.717, 1.165) is 31.2 Å². The molecule has 6 heteroatoms. The number of allylic oxidation sites excluding steroid dienone is 5. The van der Waals surface area contributed by atoms with Crippen LogP contribution in [0.25, 0.3) is 0 Å². The Kier molecular flexibility index (Phi) is 13.5. The lowest BCUT2D eigenvalue weighted by molar-refractivity contribution is -0.139. The van der Waals surface area contributed by atoms with Crippen molar-refractivity contribution in [3.05, 3.63) is 70.8 Å². The van der Waals surface area contributed by atoms with E-state index in [2.05, 4.69) is 56.6 Å². The molecule has 0 radical (unpaired) electrons. The van der Waals surface area contributed by atoms with Gasteiger partial charge in [0.1, 0.15) is 12.6 Å². The lowest BCUT2D eigenvalue weighted by Gasteiger charge is -2.15. The third-order valence-electron chi connectivity index (χ3n) is 4.87. The van der Waals surface area contributed by atoms with Crippen LogP contribution in [0, 0.1) is 0 Å². The maximum atomic E-state index is 11.9. The minimum Gasteiger partial charge on any atom is -0.480 e. The molecule has 1 aromatic rings. The number of amides is 1. The number of nitrogens with one attached hydrogen (secondary N) is 2. The molecule has 1 aromatic carbocycles. The number of benzene rings is 1. The van der Waals surface area contributed by atoms with Crippen molar-refractivity contribution in [1.82, 2.24) is 10.6 Å². The van der Waals surface area contributed by atoms with Crippen LogP contribution in [0.5, 0.6) is 0 Å². The number of carbonyl (C=O) groups is 2. The van der Waals surface area contributed by atoms with Gasteiger partial charge in [-0.25, -0.2) is 9.59 Å². The molecule has 0 aliphatic carbocycles. The molecule has 32 heavy (non-hydrogen) atoms. The monoisotopic (exact) mass is 442 g/mol. The Hall–Kier alpha value is -2.86. The average Bonchev–Trinajstić information content (AvgIpc) is 2.74. The summed E-state index contributed by atoms with van der Waals surface area (Å²) in [4.78, 5) is 23.3. The molecule has 1 rings (SSSR count). The van der Waals surface area contributed by atoms with E-state index in [1.165, 1.54) is 16.7 Å². The second kappa shape index (κ2) is 15.9. The summed E-state index contributed by atoms with van der Waals surface area (Å²) < 4.78 is 5.09. The van der Waals surface area contributed by atoms with Gasteiger partial charge in [-0.05, 0) is 58.9 Å². The molecule has 0 aliphatic rings. The lowest BCUT2D eigenvalue weighted by atomic mass is 10.1. The van der Waals surface area contributed by atoms with E-state index < -0.39 is 18.1 Å². The largest absolute Gasteiger partial charge is 0.480 e. The quantitative estimate of drug-likeness (QED) is 0.266. The molecule has 3 N–H and O–H groups in total. The molecule has 0 spiro atoms. The predicted molar refractivity (Wildman–Crippen MR) is 129 cm³/mol. The number of carbonyl (C=O) groups excluding carboxylic acids is 1. The Morgan fingerprint density at radius 3 is 2.22 bits per heavy atom. The number of carboxylic acid groups (broad SMARTS) is 1. The SMILES string of the molecule is CC(C)=CCC/C(C)=C/CC/C(C)=C/CNC[C@H](NC(=O)OCc1ccccc1)C(=O)O. The van der Waals surface area contributed by atoms with Gasteiger partial charge in [0.25, 0.3) is 0 Å². The predicted octanol–water partition coefficient (Wildman–Crippen LogP) is 5.37. The molecule has 0 saturated heterocycles. The number of alkyl carbamates (subject to hydrolysis) is 1. The van der Waals surface area contributed by atoms with E-state index in [1.54, 1.807) is 0 Å².